The average molecular weight is 172 g/mol. The molecule has 0 saturated heterocycles. The van der Waals surface area contributed by atoms with Crippen molar-refractivity contribution < 1.29 is 0 Å². The van der Waals surface area contributed by atoms with Crippen LogP contribution in [0.25, 0.3) is 0 Å². The summed E-state index contributed by atoms with van der Waals surface area (Å²) in [5.74, 6) is 3.33. The van der Waals surface area contributed by atoms with E-state index in [0.29, 0.717) is 0 Å². The van der Waals surface area contributed by atoms with Crippen LogP contribution in [0.5, 0.6) is 0 Å². The Morgan fingerprint density at radius 1 is 1.18 bits per heavy atom. The Labute approximate surface area is 75.5 Å². The lowest BCUT2D eigenvalue weighted by molar-refractivity contribution is 0.766. The van der Waals surface area contributed by atoms with Gasteiger partial charge in [-0.1, -0.05) is 38.8 Å². The number of thioether (sulfide) groups is 1. The first-order valence-electron chi connectivity index (χ1n) is 4.48. The molecule has 1 rings (SSSR count). The van der Waals surface area contributed by atoms with Gasteiger partial charge in [0.15, 0.2) is 0 Å². The highest BCUT2D eigenvalue weighted by Crippen LogP contribution is 2.28. The van der Waals surface area contributed by atoms with Gasteiger partial charge in [0.2, 0.25) is 0 Å². The fourth-order valence-electron chi connectivity index (χ4n) is 1.19. The van der Waals surface area contributed by atoms with Gasteiger partial charge in [0.1, 0.15) is 0 Å². The van der Waals surface area contributed by atoms with Crippen molar-refractivity contribution >= 4 is 11.8 Å². The number of hydrogen-bond donors (Lipinski definition) is 0. The molecule has 0 aliphatic carbocycles. The maximum atomic E-state index is 2.28. The summed E-state index contributed by atoms with van der Waals surface area (Å²) < 4.78 is 0. The van der Waals surface area contributed by atoms with Gasteiger partial charge in [-0.3, -0.25) is 0 Å². The van der Waals surface area contributed by atoms with E-state index in [1.807, 2.05) is 25.6 Å². The van der Waals surface area contributed by atoms with Crippen LogP contribution in [-0.2, 0) is 0 Å². The highest BCUT2D eigenvalue weighted by atomic mass is 32.2. The minimum absolute atomic E-state index is 0.778. The molecular weight excluding hydrogens is 152 g/mol. The van der Waals surface area contributed by atoms with Gasteiger partial charge in [-0.05, 0) is 12.8 Å². The lowest BCUT2D eigenvalue weighted by atomic mass is 10.0. The van der Waals surface area contributed by atoms with E-state index in [0.717, 1.165) is 5.92 Å². The van der Waals surface area contributed by atoms with Gasteiger partial charge in [0.05, 0.1) is 0 Å². The predicted molar refractivity (Wildman–Crippen MR) is 56.2 cm³/mol. The van der Waals surface area contributed by atoms with E-state index < -0.39 is 0 Å². The Morgan fingerprint density at radius 2 is 1.73 bits per heavy atom. The van der Waals surface area contributed by atoms with Crippen molar-refractivity contribution in [2.24, 2.45) is 5.92 Å². The van der Waals surface area contributed by atoms with Gasteiger partial charge in [-0.25, -0.2) is 0 Å². The van der Waals surface area contributed by atoms with Crippen LogP contribution in [0.4, 0.5) is 0 Å². The predicted octanol–water partition coefficient (Wildman–Crippen LogP) is 3.73. The van der Waals surface area contributed by atoms with Crippen LogP contribution in [0.15, 0.2) is 11.1 Å². The molecule has 0 nitrogen and oxygen atoms in total. The molecule has 11 heavy (non-hydrogen) atoms. The molecular formula is C10H20S. The van der Waals surface area contributed by atoms with Gasteiger partial charge in [-0.15, -0.1) is 0 Å². The highest BCUT2D eigenvalue weighted by Gasteiger charge is 2.12. The Bertz CT molecular complexity index is 134. The summed E-state index contributed by atoms with van der Waals surface area (Å²) in [6.45, 7) is 10.8. The first kappa shape index (κ1) is 11.1. The molecule has 0 bridgehead atoms. The molecule has 0 N–H and O–H groups in total. The molecule has 0 radical (unpaired) electrons. The summed E-state index contributed by atoms with van der Waals surface area (Å²) in [6, 6.07) is 0. The second-order valence-electron chi connectivity index (χ2n) is 2.95. The van der Waals surface area contributed by atoms with E-state index in [1.54, 1.807) is 11.1 Å². The van der Waals surface area contributed by atoms with Crippen LogP contribution in [0.2, 0.25) is 0 Å². The molecule has 1 aliphatic heterocycles. The van der Waals surface area contributed by atoms with Gasteiger partial charge < -0.3 is 0 Å². The van der Waals surface area contributed by atoms with E-state index in [9.17, 15) is 0 Å². The van der Waals surface area contributed by atoms with Crippen molar-refractivity contribution in [3.8, 4) is 0 Å². The third kappa shape index (κ3) is 3.33. The van der Waals surface area contributed by atoms with Gasteiger partial charge in [0, 0.05) is 11.5 Å². The van der Waals surface area contributed by atoms with Gasteiger partial charge in [0.25, 0.3) is 0 Å². The minimum Gasteiger partial charge on any atom is -0.153 e. The first-order valence-corrected chi connectivity index (χ1v) is 5.63. The van der Waals surface area contributed by atoms with Crippen molar-refractivity contribution in [2.45, 2.75) is 34.6 Å². The Balaban J connectivity index is 0.000000461. The van der Waals surface area contributed by atoms with Gasteiger partial charge >= 0.3 is 0 Å². The zero-order valence-corrected chi connectivity index (χ0v) is 9.22. The van der Waals surface area contributed by atoms with Gasteiger partial charge in [-0.2, -0.15) is 11.8 Å². The van der Waals surface area contributed by atoms with Crippen molar-refractivity contribution in [2.75, 3.05) is 11.5 Å². The summed E-state index contributed by atoms with van der Waals surface area (Å²) in [5, 5.41) is 0. The number of rotatable bonds is 1. The second-order valence-corrected chi connectivity index (χ2v) is 3.94. The number of hydrogen-bond acceptors (Lipinski definition) is 1. The maximum Gasteiger partial charge on any atom is 0.0151 e. The Morgan fingerprint density at radius 3 is 1.91 bits per heavy atom. The van der Waals surface area contributed by atoms with Crippen LogP contribution >= 0.6 is 11.8 Å². The van der Waals surface area contributed by atoms with E-state index in [2.05, 4.69) is 20.8 Å². The fraction of sp³-hybridized carbons (Fsp3) is 0.800. The van der Waals surface area contributed by atoms with Crippen LogP contribution in [0, 0.1) is 5.92 Å². The minimum atomic E-state index is 0.778. The fourth-order valence-corrected chi connectivity index (χ4v) is 2.58. The van der Waals surface area contributed by atoms with E-state index in [4.69, 9.17) is 0 Å². The van der Waals surface area contributed by atoms with Crippen molar-refractivity contribution in [1.29, 1.82) is 0 Å². The standard InChI is InChI=1S/C8H14S.C2H6/c1-6(2)8-5-9-4-7(8)3;1-2/h6H,4-5H2,1-3H3;1-2H3. The first-order chi connectivity index (χ1) is 5.22. The lowest BCUT2D eigenvalue weighted by Crippen LogP contribution is -1.94. The van der Waals surface area contributed by atoms with Crippen LogP contribution in [-0.4, -0.2) is 11.5 Å². The third-order valence-corrected chi connectivity index (χ3v) is 2.97. The molecule has 0 aromatic rings. The normalized spacial score (nSPS) is 16.9. The average Bonchev–Trinajstić information content (AvgIpc) is 2.39. The molecule has 0 saturated carbocycles. The summed E-state index contributed by atoms with van der Waals surface area (Å²) in [4.78, 5) is 0. The topological polar surface area (TPSA) is 0 Å². The monoisotopic (exact) mass is 172 g/mol. The van der Waals surface area contributed by atoms with E-state index >= 15 is 0 Å². The molecule has 1 aliphatic rings. The van der Waals surface area contributed by atoms with Crippen molar-refractivity contribution in [3.05, 3.63) is 11.1 Å². The SMILES string of the molecule is CC.CC1=C(C(C)C)CSC1. The molecule has 0 spiro atoms. The molecule has 0 amide bonds. The summed E-state index contributed by atoms with van der Waals surface area (Å²) in [6.07, 6.45) is 0. The lowest BCUT2D eigenvalue weighted by Gasteiger charge is -2.05. The molecule has 66 valence electrons. The summed E-state index contributed by atoms with van der Waals surface area (Å²) in [5.41, 5.74) is 3.30. The Hall–Kier alpha value is 0.0900. The third-order valence-electron chi connectivity index (χ3n) is 1.82. The largest absolute Gasteiger partial charge is 0.153 e. The van der Waals surface area contributed by atoms with Crippen molar-refractivity contribution in [3.63, 3.8) is 0 Å². The smallest absolute Gasteiger partial charge is 0.0151 e. The molecule has 0 aromatic heterocycles. The quantitative estimate of drug-likeness (QED) is 0.543. The van der Waals surface area contributed by atoms with E-state index in [1.165, 1.54) is 11.5 Å². The van der Waals surface area contributed by atoms with Crippen LogP contribution in [0.3, 0.4) is 0 Å². The molecule has 1 heteroatoms. The highest BCUT2D eigenvalue weighted by molar-refractivity contribution is 7.99. The summed E-state index contributed by atoms with van der Waals surface area (Å²) in [7, 11) is 0. The molecule has 0 fully saturated rings. The van der Waals surface area contributed by atoms with Crippen LogP contribution in [0.1, 0.15) is 34.6 Å². The molecule has 0 aromatic carbocycles. The molecule has 0 atom stereocenters. The zero-order chi connectivity index (χ0) is 8.85. The summed E-state index contributed by atoms with van der Waals surface area (Å²) >= 11 is 2.04. The zero-order valence-electron chi connectivity index (χ0n) is 8.40. The molecule has 0 unspecified atom stereocenters. The molecule has 1 heterocycles. The Kier molecular flexibility index (Phi) is 5.75. The van der Waals surface area contributed by atoms with Crippen LogP contribution < -0.4 is 0 Å². The second kappa shape index (κ2) is 5.70. The van der Waals surface area contributed by atoms with E-state index in [-0.39, 0.29) is 0 Å². The maximum absolute atomic E-state index is 2.28. The van der Waals surface area contributed by atoms with Crippen molar-refractivity contribution in [1.82, 2.24) is 0 Å².